The summed E-state index contributed by atoms with van der Waals surface area (Å²) in [7, 11) is 1.62. The molecule has 0 spiro atoms. The van der Waals surface area contributed by atoms with Crippen molar-refractivity contribution in [3.63, 3.8) is 0 Å². The minimum Gasteiger partial charge on any atom is -0.494 e. The van der Waals surface area contributed by atoms with E-state index in [1.165, 1.54) is 5.56 Å². The maximum absolute atomic E-state index is 9.48. The van der Waals surface area contributed by atoms with Gasteiger partial charge in [0.2, 0.25) is 0 Å². The molecule has 0 radical (unpaired) electrons. The predicted octanol–water partition coefficient (Wildman–Crippen LogP) is 4.28. The lowest BCUT2D eigenvalue weighted by molar-refractivity contribution is 0.419. The Morgan fingerprint density at radius 2 is 2.11 bits per heavy atom. The highest BCUT2D eigenvalue weighted by molar-refractivity contribution is 5.97. The lowest BCUT2D eigenvalue weighted by Gasteiger charge is -2.13. The number of benzene rings is 2. The van der Waals surface area contributed by atoms with Gasteiger partial charge in [0.1, 0.15) is 17.3 Å². The summed E-state index contributed by atoms with van der Waals surface area (Å²) in [4.78, 5) is 4.39. The fourth-order valence-electron chi connectivity index (χ4n) is 3.44. The zero-order valence-corrected chi connectivity index (χ0v) is 15.9. The van der Waals surface area contributed by atoms with Crippen molar-refractivity contribution in [2.45, 2.75) is 19.9 Å². The lowest BCUT2D eigenvalue weighted by Crippen LogP contribution is -2.09. The lowest BCUT2D eigenvalue weighted by atomic mass is 10.1. The highest BCUT2D eigenvalue weighted by Gasteiger charge is 2.11. The van der Waals surface area contributed by atoms with Gasteiger partial charge >= 0.3 is 0 Å². The monoisotopic (exact) mass is 371 g/mol. The Hall–Kier alpha value is -3.59. The Bertz CT molecular complexity index is 1190. The molecule has 140 valence electrons. The molecule has 0 saturated carbocycles. The summed E-state index contributed by atoms with van der Waals surface area (Å²) in [6.07, 6.45) is 4.37. The van der Waals surface area contributed by atoms with Crippen molar-refractivity contribution in [2.75, 3.05) is 19.0 Å². The van der Waals surface area contributed by atoms with E-state index < -0.39 is 0 Å². The molecule has 0 bridgehead atoms. The number of hydrogen-bond donors (Lipinski definition) is 1. The van der Waals surface area contributed by atoms with Crippen LogP contribution in [0.15, 0.2) is 48.8 Å². The Balaban J connectivity index is 1.52. The number of nitrogens with one attached hydrogen (secondary N) is 1. The number of ether oxygens (including phenoxy) is 1. The SMILES string of the molecule is COc1cccc2c(NCCCn3ncc4ccc(C)cc43)c(C#N)cnc12. The van der Waals surface area contributed by atoms with Gasteiger partial charge in [0.05, 0.1) is 30.1 Å². The number of nitrogens with zero attached hydrogens (tertiary/aromatic N) is 4. The van der Waals surface area contributed by atoms with Crippen LogP contribution < -0.4 is 10.1 Å². The summed E-state index contributed by atoms with van der Waals surface area (Å²) in [6, 6.07) is 14.3. The highest BCUT2D eigenvalue weighted by atomic mass is 16.5. The maximum atomic E-state index is 9.48. The molecule has 0 aliphatic carbocycles. The Morgan fingerprint density at radius 1 is 1.21 bits per heavy atom. The number of nitriles is 1. The van der Waals surface area contributed by atoms with Gasteiger partial charge in [-0.05, 0) is 31.0 Å². The first-order valence-corrected chi connectivity index (χ1v) is 9.23. The second kappa shape index (κ2) is 7.57. The second-order valence-corrected chi connectivity index (χ2v) is 6.73. The third-order valence-electron chi connectivity index (χ3n) is 4.85. The molecule has 4 rings (SSSR count). The van der Waals surface area contributed by atoms with Crippen LogP contribution in [-0.2, 0) is 6.54 Å². The van der Waals surface area contributed by atoms with Crippen LogP contribution in [-0.4, -0.2) is 28.4 Å². The minimum atomic E-state index is 0.529. The second-order valence-electron chi connectivity index (χ2n) is 6.73. The van der Waals surface area contributed by atoms with Crippen LogP contribution in [0, 0.1) is 18.3 Å². The Morgan fingerprint density at radius 3 is 2.93 bits per heavy atom. The molecule has 6 heteroatoms. The van der Waals surface area contributed by atoms with E-state index in [9.17, 15) is 5.26 Å². The number of para-hydroxylation sites is 1. The number of methoxy groups -OCH3 is 1. The number of aryl methyl sites for hydroxylation is 2. The Kier molecular flexibility index (Phi) is 4.81. The molecule has 4 aromatic rings. The first kappa shape index (κ1) is 17.8. The molecule has 0 saturated heterocycles. The summed E-state index contributed by atoms with van der Waals surface area (Å²) in [6.45, 7) is 3.61. The highest BCUT2D eigenvalue weighted by Crippen LogP contribution is 2.31. The zero-order chi connectivity index (χ0) is 19.5. The van der Waals surface area contributed by atoms with E-state index in [0.717, 1.165) is 47.0 Å². The smallest absolute Gasteiger partial charge is 0.145 e. The van der Waals surface area contributed by atoms with Gasteiger partial charge in [0.25, 0.3) is 0 Å². The third kappa shape index (κ3) is 3.23. The predicted molar refractivity (Wildman–Crippen MR) is 111 cm³/mol. The van der Waals surface area contributed by atoms with Gasteiger partial charge in [-0.1, -0.05) is 24.3 Å². The van der Waals surface area contributed by atoms with Crippen LogP contribution in [0.3, 0.4) is 0 Å². The fourth-order valence-corrected chi connectivity index (χ4v) is 3.44. The van der Waals surface area contributed by atoms with Crippen molar-refractivity contribution in [1.29, 1.82) is 5.26 Å². The van der Waals surface area contributed by atoms with Gasteiger partial charge in [-0.3, -0.25) is 9.67 Å². The molecule has 28 heavy (non-hydrogen) atoms. The number of fused-ring (bicyclic) bond motifs is 2. The Labute approximate surface area is 163 Å². The summed E-state index contributed by atoms with van der Waals surface area (Å²) in [5.41, 5.74) is 4.45. The number of rotatable bonds is 6. The van der Waals surface area contributed by atoms with Crippen LogP contribution in [0.25, 0.3) is 21.8 Å². The number of pyridine rings is 1. The van der Waals surface area contributed by atoms with Crippen molar-refractivity contribution < 1.29 is 4.74 Å². The molecule has 0 amide bonds. The van der Waals surface area contributed by atoms with Gasteiger partial charge in [-0.25, -0.2) is 0 Å². The van der Waals surface area contributed by atoms with E-state index in [4.69, 9.17) is 4.74 Å². The van der Waals surface area contributed by atoms with E-state index in [1.807, 2.05) is 29.1 Å². The van der Waals surface area contributed by atoms with Crippen LogP contribution in [0.4, 0.5) is 5.69 Å². The fraction of sp³-hybridized carbons (Fsp3) is 0.227. The first-order valence-electron chi connectivity index (χ1n) is 9.23. The van der Waals surface area contributed by atoms with Crippen LogP contribution in [0.2, 0.25) is 0 Å². The minimum absolute atomic E-state index is 0.529. The zero-order valence-electron chi connectivity index (χ0n) is 15.9. The average Bonchev–Trinajstić information content (AvgIpc) is 3.12. The number of hydrogen-bond acceptors (Lipinski definition) is 5. The average molecular weight is 371 g/mol. The van der Waals surface area contributed by atoms with Gasteiger partial charge < -0.3 is 10.1 Å². The number of aromatic nitrogens is 3. The molecule has 2 aromatic carbocycles. The van der Waals surface area contributed by atoms with Crippen molar-refractivity contribution >= 4 is 27.5 Å². The molecule has 1 N–H and O–H groups in total. The summed E-state index contributed by atoms with van der Waals surface area (Å²) < 4.78 is 7.43. The van der Waals surface area contributed by atoms with Crippen LogP contribution >= 0.6 is 0 Å². The molecule has 0 fully saturated rings. The molecule has 0 atom stereocenters. The molecule has 0 aliphatic rings. The van der Waals surface area contributed by atoms with Crippen molar-refractivity contribution in [1.82, 2.24) is 14.8 Å². The molecular weight excluding hydrogens is 350 g/mol. The van der Waals surface area contributed by atoms with Crippen molar-refractivity contribution in [3.8, 4) is 11.8 Å². The molecule has 0 aliphatic heterocycles. The normalized spacial score (nSPS) is 10.9. The van der Waals surface area contributed by atoms with E-state index in [2.05, 4.69) is 46.6 Å². The molecule has 2 heterocycles. The summed E-state index contributed by atoms with van der Waals surface area (Å²) >= 11 is 0. The quantitative estimate of drug-likeness (QED) is 0.512. The van der Waals surface area contributed by atoms with Gasteiger partial charge in [0.15, 0.2) is 0 Å². The number of anilines is 1. The molecule has 6 nitrogen and oxygen atoms in total. The largest absolute Gasteiger partial charge is 0.494 e. The van der Waals surface area contributed by atoms with Crippen LogP contribution in [0.5, 0.6) is 5.75 Å². The van der Waals surface area contributed by atoms with Gasteiger partial charge in [0, 0.05) is 30.1 Å². The molecular formula is C22H21N5O. The van der Waals surface area contributed by atoms with E-state index in [0.29, 0.717) is 11.3 Å². The standard InChI is InChI=1S/C22H21N5O/c1-15-7-8-16-14-26-27(19(16)11-15)10-4-9-24-21-17(12-23)13-25-22-18(21)5-3-6-20(22)28-2/h3,5-8,11,13-14H,4,9-10H2,1-2H3,(H,24,25). The summed E-state index contributed by atoms with van der Waals surface area (Å²) in [5.74, 6) is 0.698. The van der Waals surface area contributed by atoms with E-state index in [-0.39, 0.29) is 0 Å². The topological polar surface area (TPSA) is 75.8 Å². The summed E-state index contributed by atoms with van der Waals surface area (Å²) in [5, 5.41) is 19.4. The van der Waals surface area contributed by atoms with E-state index in [1.54, 1.807) is 13.3 Å². The van der Waals surface area contributed by atoms with E-state index >= 15 is 0 Å². The first-order chi connectivity index (χ1) is 13.7. The van der Waals surface area contributed by atoms with Gasteiger partial charge in [-0.2, -0.15) is 10.4 Å². The van der Waals surface area contributed by atoms with Crippen molar-refractivity contribution in [3.05, 3.63) is 59.9 Å². The van der Waals surface area contributed by atoms with Gasteiger partial charge in [-0.15, -0.1) is 0 Å². The maximum Gasteiger partial charge on any atom is 0.145 e. The molecule has 0 unspecified atom stereocenters. The van der Waals surface area contributed by atoms with Crippen LogP contribution in [0.1, 0.15) is 17.5 Å². The van der Waals surface area contributed by atoms with Crippen molar-refractivity contribution in [2.24, 2.45) is 0 Å². The molecule has 2 aromatic heterocycles. The third-order valence-corrected chi connectivity index (χ3v) is 4.85.